The summed E-state index contributed by atoms with van der Waals surface area (Å²) in [6.45, 7) is 5.27. The average molecular weight is 438 g/mol. The lowest BCUT2D eigenvalue weighted by Crippen LogP contribution is -2.53. The first-order valence-corrected chi connectivity index (χ1v) is 9.70. The number of ether oxygens (including phenoxy) is 2. The fourth-order valence-electron chi connectivity index (χ4n) is 2.62. The minimum Gasteiger partial charge on any atom is -0.491 e. The van der Waals surface area contributed by atoms with Gasteiger partial charge in [0, 0.05) is 0 Å². The Hall–Kier alpha value is -3.23. The number of hydrogen-bond donors (Lipinski definition) is 2. The Morgan fingerprint density at radius 3 is 2.06 bits per heavy atom. The van der Waals surface area contributed by atoms with Crippen molar-refractivity contribution >= 4 is 12.0 Å². The van der Waals surface area contributed by atoms with Crippen molar-refractivity contribution < 1.29 is 32.2 Å². The van der Waals surface area contributed by atoms with Crippen LogP contribution in [0.25, 0.3) is 0 Å². The van der Waals surface area contributed by atoms with Crippen molar-refractivity contribution in [2.75, 3.05) is 6.61 Å². The molecule has 0 aromatic heterocycles. The predicted octanol–water partition coefficient (Wildman–Crippen LogP) is 4.40. The second-order valence-corrected chi connectivity index (χ2v) is 7.31. The first kappa shape index (κ1) is 24.0. The van der Waals surface area contributed by atoms with Gasteiger partial charge in [0.25, 0.3) is 0 Å². The van der Waals surface area contributed by atoms with Gasteiger partial charge < -0.3 is 20.1 Å². The van der Waals surface area contributed by atoms with E-state index in [1.54, 1.807) is 51.1 Å². The Labute approximate surface area is 178 Å². The maximum atomic E-state index is 12.6. The standard InChI is InChI=1S/C22H25F3N2O4/c1-14(2)19(27-21(29)31-18-7-5-4-6-8-18)20(28)26-15(3)13-30-17-11-9-16(10-12-17)22(23,24)25/h4-12,14-15,19H,13H2,1-3H3,(H,26,28)(H,27,29)/t15?,19-/m0/s1. The van der Waals surface area contributed by atoms with Crippen LogP contribution in [0, 0.1) is 5.92 Å². The molecule has 0 heterocycles. The molecule has 1 unspecified atom stereocenters. The van der Waals surface area contributed by atoms with Crippen molar-refractivity contribution in [2.45, 2.75) is 39.0 Å². The van der Waals surface area contributed by atoms with Crippen LogP contribution in [-0.4, -0.2) is 30.7 Å². The van der Waals surface area contributed by atoms with Crippen LogP contribution in [0.4, 0.5) is 18.0 Å². The van der Waals surface area contributed by atoms with E-state index in [9.17, 15) is 22.8 Å². The van der Waals surface area contributed by atoms with Crippen molar-refractivity contribution in [1.82, 2.24) is 10.6 Å². The first-order chi connectivity index (χ1) is 14.6. The molecule has 6 nitrogen and oxygen atoms in total. The minimum atomic E-state index is -4.42. The molecule has 0 fully saturated rings. The number of halogens is 3. The second-order valence-electron chi connectivity index (χ2n) is 7.31. The third kappa shape index (κ3) is 7.84. The van der Waals surface area contributed by atoms with Crippen LogP contribution in [0.2, 0.25) is 0 Å². The molecule has 9 heteroatoms. The second kappa shape index (κ2) is 10.7. The van der Waals surface area contributed by atoms with Crippen molar-refractivity contribution in [2.24, 2.45) is 5.92 Å². The zero-order chi connectivity index (χ0) is 23.0. The summed E-state index contributed by atoms with van der Waals surface area (Å²) in [5.74, 6) is -0.0461. The van der Waals surface area contributed by atoms with Crippen molar-refractivity contribution in [3.63, 3.8) is 0 Å². The first-order valence-electron chi connectivity index (χ1n) is 9.70. The summed E-state index contributed by atoms with van der Waals surface area (Å²) < 4.78 is 48.4. The van der Waals surface area contributed by atoms with E-state index in [0.29, 0.717) is 5.75 Å². The summed E-state index contributed by atoms with van der Waals surface area (Å²) >= 11 is 0. The molecule has 168 valence electrons. The lowest BCUT2D eigenvalue weighted by molar-refractivity contribution is -0.137. The van der Waals surface area contributed by atoms with Crippen LogP contribution in [-0.2, 0) is 11.0 Å². The van der Waals surface area contributed by atoms with Gasteiger partial charge in [-0.05, 0) is 49.2 Å². The number of para-hydroxylation sites is 1. The fraction of sp³-hybridized carbons (Fsp3) is 0.364. The lowest BCUT2D eigenvalue weighted by atomic mass is 10.0. The van der Waals surface area contributed by atoms with E-state index in [-0.39, 0.29) is 18.3 Å². The molecule has 0 aliphatic carbocycles. The number of carbonyl (C=O) groups is 2. The Bertz CT molecular complexity index is 855. The van der Waals surface area contributed by atoms with Gasteiger partial charge in [-0.3, -0.25) is 4.79 Å². The fourth-order valence-corrected chi connectivity index (χ4v) is 2.62. The smallest absolute Gasteiger partial charge is 0.416 e. The Kier molecular flexibility index (Phi) is 8.30. The Morgan fingerprint density at radius 1 is 0.903 bits per heavy atom. The molecule has 2 N–H and O–H groups in total. The van der Waals surface area contributed by atoms with Gasteiger partial charge in [-0.2, -0.15) is 13.2 Å². The molecule has 2 aromatic carbocycles. The normalized spacial score (nSPS) is 13.3. The Morgan fingerprint density at radius 2 is 1.52 bits per heavy atom. The van der Waals surface area contributed by atoms with Crippen LogP contribution in [0.5, 0.6) is 11.5 Å². The van der Waals surface area contributed by atoms with Gasteiger partial charge in [0.05, 0.1) is 11.6 Å². The van der Waals surface area contributed by atoms with E-state index < -0.39 is 35.8 Å². The molecule has 0 bridgehead atoms. The van der Waals surface area contributed by atoms with Crippen LogP contribution in [0.1, 0.15) is 26.3 Å². The molecule has 0 aliphatic heterocycles. The molecule has 31 heavy (non-hydrogen) atoms. The van der Waals surface area contributed by atoms with E-state index >= 15 is 0 Å². The highest BCUT2D eigenvalue weighted by Crippen LogP contribution is 2.30. The third-order valence-electron chi connectivity index (χ3n) is 4.25. The number of carbonyl (C=O) groups excluding carboxylic acids is 2. The van der Waals surface area contributed by atoms with Crippen molar-refractivity contribution in [3.05, 3.63) is 60.2 Å². The van der Waals surface area contributed by atoms with Crippen molar-refractivity contribution in [3.8, 4) is 11.5 Å². The molecule has 2 rings (SSSR count). The maximum Gasteiger partial charge on any atom is 0.416 e. The molecule has 2 amide bonds. The monoisotopic (exact) mass is 438 g/mol. The van der Waals surface area contributed by atoms with E-state index in [0.717, 1.165) is 12.1 Å². The summed E-state index contributed by atoms with van der Waals surface area (Å²) in [6.07, 6.45) is -5.17. The van der Waals surface area contributed by atoms with Gasteiger partial charge in [0.15, 0.2) is 0 Å². The zero-order valence-corrected chi connectivity index (χ0v) is 17.4. The van der Waals surface area contributed by atoms with Gasteiger partial charge in [0.2, 0.25) is 5.91 Å². The third-order valence-corrected chi connectivity index (χ3v) is 4.25. The highest BCUT2D eigenvalue weighted by molar-refractivity contribution is 5.86. The highest BCUT2D eigenvalue weighted by atomic mass is 19.4. The number of alkyl halides is 3. The summed E-state index contributed by atoms with van der Waals surface area (Å²) in [4.78, 5) is 24.7. The summed E-state index contributed by atoms with van der Waals surface area (Å²) in [5, 5.41) is 5.27. The summed E-state index contributed by atoms with van der Waals surface area (Å²) in [7, 11) is 0. The van der Waals surface area contributed by atoms with E-state index in [4.69, 9.17) is 9.47 Å². The average Bonchev–Trinajstić information content (AvgIpc) is 2.70. The van der Waals surface area contributed by atoms with Crippen molar-refractivity contribution in [1.29, 1.82) is 0 Å². The molecule has 2 aromatic rings. The van der Waals surface area contributed by atoms with E-state index in [1.165, 1.54) is 12.1 Å². The molecular weight excluding hydrogens is 413 g/mol. The highest BCUT2D eigenvalue weighted by Gasteiger charge is 2.30. The molecular formula is C22H25F3N2O4. The quantitative estimate of drug-likeness (QED) is 0.641. The molecule has 0 saturated carbocycles. The number of rotatable bonds is 8. The van der Waals surface area contributed by atoms with Gasteiger partial charge in [-0.25, -0.2) is 4.79 Å². The predicted molar refractivity (Wildman–Crippen MR) is 109 cm³/mol. The number of amides is 2. The molecule has 2 atom stereocenters. The van der Waals surface area contributed by atoms with Crippen LogP contribution < -0.4 is 20.1 Å². The number of hydrogen-bond acceptors (Lipinski definition) is 4. The van der Waals surface area contributed by atoms with Gasteiger partial charge in [0.1, 0.15) is 24.1 Å². The van der Waals surface area contributed by atoms with Crippen LogP contribution >= 0.6 is 0 Å². The van der Waals surface area contributed by atoms with E-state index in [1.807, 2.05) is 0 Å². The SMILES string of the molecule is CC(COc1ccc(C(F)(F)F)cc1)NC(=O)[C@@H](NC(=O)Oc1ccccc1)C(C)C. The lowest BCUT2D eigenvalue weighted by Gasteiger charge is -2.24. The van der Waals surface area contributed by atoms with Crippen LogP contribution in [0.15, 0.2) is 54.6 Å². The molecule has 0 saturated heterocycles. The molecule has 0 aliphatic rings. The van der Waals surface area contributed by atoms with Gasteiger partial charge >= 0.3 is 12.3 Å². The maximum absolute atomic E-state index is 12.6. The zero-order valence-electron chi connectivity index (χ0n) is 17.4. The van der Waals surface area contributed by atoms with E-state index in [2.05, 4.69) is 10.6 Å². The minimum absolute atomic E-state index is 0.0381. The largest absolute Gasteiger partial charge is 0.491 e. The summed E-state index contributed by atoms with van der Waals surface area (Å²) in [6, 6.07) is 11.4. The van der Waals surface area contributed by atoms with Gasteiger partial charge in [-0.15, -0.1) is 0 Å². The number of benzene rings is 2. The Balaban J connectivity index is 1.86. The summed E-state index contributed by atoms with van der Waals surface area (Å²) in [5.41, 5.74) is -0.769. The van der Waals surface area contributed by atoms with Crippen LogP contribution in [0.3, 0.4) is 0 Å². The molecule has 0 spiro atoms. The number of nitrogens with one attached hydrogen (secondary N) is 2. The topological polar surface area (TPSA) is 76.7 Å². The molecule has 0 radical (unpaired) electrons. The van der Waals surface area contributed by atoms with Gasteiger partial charge in [-0.1, -0.05) is 32.0 Å².